The lowest BCUT2D eigenvalue weighted by Gasteiger charge is -2.16. The molecule has 21 heavy (non-hydrogen) atoms. The highest BCUT2D eigenvalue weighted by Gasteiger charge is 2.06. The van der Waals surface area contributed by atoms with Crippen molar-refractivity contribution in [2.24, 2.45) is 0 Å². The molecule has 106 valence electrons. The van der Waals surface area contributed by atoms with Crippen LogP contribution in [0.4, 0.5) is 5.82 Å². The van der Waals surface area contributed by atoms with E-state index in [0.29, 0.717) is 6.54 Å². The van der Waals surface area contributed by atoms with E-state index in [9.17, 15) is 0 Å². The Morgan fingerprint density at radius 1 is 1.00 bits per heavy atom. The highest BCUT2D eigenvalue weighted by atomic mass is 16.5. The SMILES string of the molecule is CC(CNc1ncnc2ccccc12)Oc1ccccc1. The van der Waals surface area contributed by atoms with E-state index >= 15 is 0 Å². The summed E-state index contributed by atoms with van der Waals surface area (Å²) in [6, 6.07) is 17.8. The fourth-order valence-corrected chi connectivity index (χ4v) is 2.16. The van der Waals surface area contributed by atoms with E-state index in [2.05, 4.69) is 15.3 Å². The van der Waals surface area contributed by atoms with Crippen molar-refractivity contribution in [1.82, 2.24) is 9.97 Å². The van der Waals surface area contributed by atoms with Crippen molar-refractivity contribution >= 4 is 16.7 Å². The van der Waals surface area contributed by atoms with Gasteiger partial charge in [-0.05, 0) is 31.2 Å². The number of para-hydroxylation sites is 2. The lowest BCUT2D eigenvalue weighted by molar-refractivity contribution is 0.234. The summed E-state index contributed by atoms with van der Waals surface area (Å²) in [4.78, 5) is 8.56. The normalized spacial score (nSPS) is 12.0. The lowest BCUT2D eigenvalue weighted by atomic mass is 10.2. The Hall–Kier alpha value is -2.62. The van der Waals surface area contributed by atoms with Crippen LogP contribution in [0.3, 0.4) is 0 Å². The molecule has 0 aliphatic rings. The largest absolute Gasteiger partial charge is 0.489 e. The van der Waals surface area contributed by atoms with Crippen molar-refractivity contribution < 1.29 is 4.74 Å². The van der Waals surface area contributed by atoms with E-state index in [0.717, 1.165) is 22.5 Å². The fourth-order valence-electron chi connectivity index (χ4n) is 2.16. The first kappa shape index (κ1) is 13.4. The summed E-state index contributed by atoms with van der Waals surface area (Å²) >= 11 is 0. The maximum absolute atomic E-state index is 5.84. The number of hydrogen-bond acceptors (Lipinski definition) is 4. The van der Waals surface area contributed by atoms with Crippen LogP contribution in [0.5, 0.6) is 5.75 Å². The summed E-state index contributed by atoms with van der Waals surface area (Å²) in [6.45, 7) is 2.71. The van der Waals surface area contributed by atoms with Gasteiger partial charge in [-0.25, -0.2) is 9.97 Å². The van der Waals surface area contributed by atoms with Crippen LogP contribution in [0.1, 0.15) is 6.92 Å². The Kier molecular flexibility index (Phi) is 3.96. The van der Waals surface area contributed by atoms with Crippen LogP contribution in [-0.4, -0.2) is 22.6 Å². The standard InChI is InChI=1S/C17H17N3O/c1-13(21-14-7-3-2-4-8-14)11-18-17-15-9-5-6-10-16(15)19-12-20-17/h2-10,12-13H,11H2,1H3,(H,18,19,20). The first-order valence-corrected chi connectivity index (χ1v) is 6.98. The molecule has 1 N–H and O–H groups in total. The number of nitrogens with zero attached hydrogens (tertiary/aromatic N) is 2. The van der Waals surface area contributed by atoms with Gasteiger partial charge in [0.15, 0.2) is 0 Å². The number of fused-ring (bicyclic) bond motifs is 1. The molecule has 1 aromatic heterocycles. The molecule has 0 aliphatic heterocycles. The summed E-state index contributed by atoms with van der Waals surface area (Å²) < 4.78 is 5.84. The first-order valence-electron chi connectivity index (χ1n) is 6.98. The van der Waals surface area contributed by atoms with E-state index < -0.39 is 0 Å². The van der Waals surface area contributed by atoms with Crippen LogP contribution < -0.4 is 10.1 Å². The molecule has 0 spiro atoms. The molecule has 0 fully saturated rings. The second kappa shape index (κ2) is 6.22. The fraction of sp³-hybridized carbons (Fsp3) is 0.176. The lowest BCUT2D eigenvalue weighted by Crippen LogP contribution is -2.23. The molecular weight excluding hydrogens is 262 g/mol. The van der Waals surface area contributed by atoms with Gasteiger partial charge in [-0.1, -0.05) is 30.3 Å². The van der Waals surface area contributed by atoms with Crippen LogP contribution >= 0.6 is 0 Å². The summed E-state index contributed by atoms with van der Waals surface area (Å²) in [6.07, 6.45) is 1.62. The van der Waals surface area contributed by atoms with Crippen molar-refractivity contribution in [1.29, 1.82) is 0 Å². The third kappa shape index (κ3) is 3.28. The number of rotatable bonds is 5. The monoisotopic (exact) mass is 279 g/mol. The van der Waals surface area contributed by atoms with Crippen LogP contribution in [-0.2, 0) is 0 Å². The molecule has 1 heterocycles. The third-order valence-electron chi connectivity index (χ3n) is 3.18. The molecule has 0 saturated heterocycles. The van der Waals surface area contributed by atoms with Crippen molar-refractivity contribution in [3.05, 3.63) is 60.9 Å². The molecule has 0 bridgehead atoms. The molecule has 0 amide bonds. The van der Waals surface area contributed by atoms with E-state index in [1.165, 1.54) is 0 Å². The number of aromatic nitrogens is 2. The van der Waals surface area contributed by atoms with Gasteiger partial charge in [0.05, 0.1) is 12.1 Å². The molecular formula is C17H17N3O. The molecule has 2 aromatic carbocycles. The topological polar surface area (TPSA) is 47.0 Å². The second-order valence-corrected chi connectivity index (χ2v) is 4.86. The smallest absolute Gasteiger partial charge is 0.137 e. The van der Waals surface area contributed by atoms with E-state index in [1.54, 1.807) is 6.33 Å². The van der Waals surface area contributed by atoms with Gasteiger partial charge in [0.2, 0.25) is 0 Å². The number of benzene rings is 2. The summed E-state index contributed by atoms with van der Waals surface area (Å²) in [5.74, 6) is 1.71. The first-order chi connectivity index (χ1) is 10.3. The Labute approximate surface area is 123 Å². The summed E-state index contributed by atoms with van der Waals surface area (Å²) in [7, 11) is 0. The van der Waals surface area contributed by atoms with Crippen molar-refractivity contribution in [2.45, 2.75) is 13.0 Å². The van der Waals surface area contributed by atoms with Crippen molar-refractivity contribution in [3.63, 3.8) is 0 Å². The van der Waals surface area contributed by atoms with E-state index in [1.807, 2.05) is 61.5 Å². The zero-order chi connectivity index (χ0) is 14.5. The minimum atomic E-state index is 0.0427. The second-order valence-electron chi connectivity index (χ2n) is 4.86. The van der Waals surface area contributed by atoms with Gasteiger partial charge >= 0.3 is 0 Å². The van der Waals surface area contributed by atoms with Gasteiger partial charge in [-0.2, -0.15) is 0 Å². The van der Waals surface area contributed by atoms with E-state index in [4.69, 9.17) is 4.74 Å². The Bertz CT molecular complexity index is 710. The van der Waals surface area contributed by atoms with Gasteiger partial charge in [0.1, 0.15) is 24.0 Å². The van der Waals surface area contributed by atoms with Crippen LogP contribution in [0.2, 0.25) is 0 Å². The third-order valence-corrected chi connectivity index (χ3v) is 3.18. The minimum Gasteiger partial charge on any atom is -0.489 e. The molecule has 4 nitrogen and oxygen atoms in total. The average molecular weight is 279 g/mol. The molecule has 3 aromatic rings. The zero-order valence-electron chi connectivity index (χ0n) is 11.9. The molecule has 0 radical (unpaired) electrons. The summed E-state index contributed by atoms with van der Waals surface area (Å²) in [5, 5.41) is 4.35. The minimum absolute atomic E-state index is 0.0427. The Morgan fingerprint density at radius 3 is 2.62 bits per heavy atom. The Morgan fingerprint density at radius 2 is 1.76 bits per heavy atom. The van der Waals surface area contributed by atoms with Crippen LogP contribution in [0, 0.1) is 0 Å². The predicted molar refractivity (Wildman–Crippen MR) is 84.6 cm³/mol. The molecule has 0 aliphatic carbocycles. The molecule has 4 heteroatoms. The molecule has 3 rings (SSSR count). The highest BCUT2D eigenvalue weighted by Crippen LogP contribution is 2.18. The quantitative estimate of drug-likeness (QED) is 0.776. The predicted octanol–water partition coefficient (Wildman–Crippen LogP) is 3.51. The molecule has 1 atom stereocenters. The Balaban J connectivity index is 1.66. The van der Waals surface area contributed by atoms with Gasteiger partial charge in [-0.15, -0.1) is 0 Å². The maximum Gasteiger partial charge on any atom is 0.137 e. The average Bonchev–Trinajstić information content (AvgIpc) is 2.54. The number of hydrogen-bond donors (Lipinski definition) is 1. The number of anilines is 1. The highest BCUT2D eigenvalue weighted by molar-refractivity contribution is 5.88. The van der Waals surface area contributed by atoms with Crippen LogP contribution in [0.25, 0.3) is 10.9 Å². The van der Waals surface area contributed by atoms with Gasteiger partial charge in [0.25, 0.3) is 0 Å². The van der Waals surface area contributed by atoms with Gasteiger partial charge in [-0.3, -0.25) is 0 Å². The maximum atomic E-state index is 5.84. The van der Waals surface area contributed by atoms with Crippen LogP contribution in [0.15, 0.2) is 60.9 Å². The van der Waals surface area contributed by atoms with Crippen molar-refractivity contribution in [2.75, 3.05) is 11.9 Å². The van der Waals surface area contributed by atoms with Gasteiger partial charge in [0, 0.05) is 5.39 Å². The van der Waals surface area contributed by atoms with Gasteiger partial charge < -0.3 is 10.1 Å². The molecule has 0 saturated carbocycles. The number of nitrogens with one attached hydrogen (secondary N) is 1. The number of ether oxygens (including phenoxy) is 1. The van der Waals surface area contributed by atoms with Crippen molar-refractivity contribution in [3.8, 4) is 5.75 Å². The molecule has 1 unspecified atom stereocenters. The van der Waals surface area contributed by atoms with E-state index in [-0.39, 0.29) is 6.10 Å². The summed E-state index contributed by atoms with van der Waals surface area (Å²) in [5.41, 5.74) is 0.937. The zero-order valence-corrected chi connectivity index (χ0v) is 11.9.